The summed E-state index contributed by atoms with van der Waals surface area (Å²) in [7, 11) is 1.58. The molecular formula is C19H19FN2O4. The van der Waals surface area contributed by atoms with Gasteiger partial charge < -0.3 is 19.7 Å². The zero-order chi connectivity index (χ0) is 18.5. The highest BCUT2D eigenvalue weighted by Gasteiger charge is 2.31. The molecule has 6 nitrogen and oxygen atoms in total. The molecule has 2 aromatic rings. The molecule has 7 heteroatoms. The summed E-state index contributed by atoms with van der Waals surface area (Å²) in [5, 5.41) is 2.79. The Hall–Kier alpha value is -3.09. The van der Waals surface area contributed by atoms with Crippen molar-refractivity contribution in [3.8, 4) is 11.5 Å². The van der Waals surface area contributed by atoms with Crippen LogP contribution in [-0.2, 0) is 9.59 Å². The van der Waals surface area contributed by atoms with Crippen LogP contribution in [0.4, 0.5) is 10.1 Å². The first-order chi connectivity index (χ1) is 12.5. The van der Waals surface area contributed by atoms with Crippen LogP contribution >= 0.6 is 0 Å². The lowest BCUT2D eigenvalue weighted by atomic mass is 10.2. The van der Waals surface area contributed by atoms with Crippen LogP contribution in [0.25, 0.3) is 0 Å². The first-order valence-corrected chi connectivity index (χ1v) is 8.17. The fourth-order valence-corrected chi connectivity index (χ4v) is 2.77. The van der Waals surface area contributed by atoms with Crippen molar-refractivity contribution >= 4 is 17.5 Å². The lowest BCUT2D eigenvalue weighted by Crippen LogP contribution is -2.39. The predicted octanol–water partition coefficient (Wildman–Crippen LogP) is 2.13. The number of carbonyl (C=O) groups is 2. The average Bonchev–Trinajstić information content (AvgIpc) is 3.01. The van der Waals surface area contributed by atoms with E-state index >= 15 is 0 Å². The van der Waals surface area contributed by atoms with Crippen molar-refractivity contribution in [1.82, 2.24) is 5.32 Å². The van der Waals surface area contributed by atoms with Gasteiger partial charge in [-0.2, -0.15) is 0 Å². The first kappa shape index (κ1) is 17.7. The Morgan fingerprint density at radius 3 is 2.46 bits per heavy atom. The molecule has 0 unspecified atom stereocenters. The SMILES string of the molecule is COc1ccc(N2C[C@@H](NC(=O)COc3ccc(F)cc3)CC2=O)cc1. The Bertz CT molecular complexity index is 777. The minimum Gasteiger partial charge on any atom is -0.497 e. The van der Waals surface area contributed by atoms with Crippen molar-refractivity contribution in [3.63, 3.8) is 0 Å². The van der Waals surface area contributed by atoms with Gasteiger partial charge in [0, 0.05) is 18.7 Å². The van der Waals surface area contributed by atoms with Crippen LogP contribution in [0.15, 0.2) is 48.5 Å². The topological polar surface area (TPSA) is 67.9 Å². The standard InChI is InChI=1S/C19H19FN2O4/c1-25-16-8-4-15(5-9-16)22-11-14(10-19(22)24)21-18(23)12-26-17-6-2-13(20)3-7-17/h2-9,14H,10-12H2,1H3,(H,21,23)/t14-/m0/s1. The second kappa shape index (κ2) is 7.86. The summed E-state index contributed by atoms with van der Waals surface area (Å²) in [6.07, 6.45) is 0.230. The number of nitrogens with one attached hydrogen (secondary N) is 1. The highest BCUT2D eigenvalue weighted by atomic mass is 19.1. The van der Waals surface area contributed by atoms with E-state index in [4.69, 9.17) is 9.47 Å². The lowest BCUT2D eigenvalue weighted by Gasteiger charge is -2.17. The van der Waals surface area contributed by atoms with Crippen LogP contribution in [0.3, 0.4) is 0 Å². The number of nitrogens with zero attached hydrogens (tertiary/aromatic N) is 1. The van der Waals surface area contributed by atoms with E-state index in [1.165, 1.54) is 24.3 Å². The zero-order valence-corrected chi connectivity index (χ0v) is 14.3. The molecule has 1 N–H and O–H groups in total. The molecule has 1 aliphatic rings. The Balaban J connectivity index is 1.51. The van der Waals surface area contributed by atoms with E-state index in [2.05, 4.69) is 5.32 Å². The fourth-order valence-electron chi connectivity index (χ4n) is 2.77. The van der Waals surface area contributed by atoms with Gasteiger partial charge in [0.1, 0.15) is 17.3 Å². The van der Waals surface area contributed by atoms with Crippen molar-refractivity contribution in [1.29, 1.82) is 0 Å². The number of anilines is 1. The van der Waals surface area contributed by atoms with Crippen LogP contribution < -0.4 is 19.7 Å². The molecule has 1 saturated heterocycles. The summed E-state index contributed by atoms with van der Waals surface area (Å²) in [4.78, 5) is 25.9. The van der Waals surface area contributed by atoms with E-state index in [-0.39, 0.29) is 36.7 Å². The maximum atomic E-state index is 12.8. The summed E-state index contributed by atoms with van der Waals surface area (Å²) in [6, 6.07) is 12.3. The molecule has 0 spiro atoms. The molecule has 2 amide bonds. The molecule has 1 atom stereocenters. The average molecular weight is 358 g/mol. The van der Waals surface area contributed by atoms with Crippen LogP contribution in [0.5, 0.6) is 11.5 Å². The molecule has 0 aromatic heterocycles. The third-order valence-corrected chi connectivity index (χ3v) is 4.06. The number of methoxy groups -OCH3 is 1. The van der Waals surface area contributed by atoms with Crippen LogP contribution in [0.1, 0.15) is 6.42 Å². The number of ether oxygens (including phenoxy) is 2. The molecule has 0 saturated carbocycles. The zero-order valence-electron chi connectivity index (χ0n) is 14.3. The number of halogens is 1. The number of carbonyl (C=O) groups excluding carboxylic acids is 2. The molecular weight excluding hydrogens is 339 g/mol. The number of benzene rings is 2. The molecule has 2 aromatic carbocycles. The van der Waals surface area contributed by atoms with Gasteiger partial charge in [0.2, 0.25) is 5.91 Å². The van der Waals surface area contributed by atoms with Gasteiger partial charge in [-0.3, -0.25) is 9.59 Å². The molecule has 0 aliphatic carbocycles. The quantitative estimate of drug-likeness (QED) is 0.859. The van der Waals surface area contributed by atoms with Gasteiger partial charge in [-0.25, -0.2) is 4.39 Å². The highest BCUT2D eigenvalue weighted by Crippen LogP contribution is 2.24. The van der Waals surface area contributed by atoms with Crippen molar-refractivity contribution in [2.75, 3.05) is 25.2 Å². The smallest absolute Gasteiger partial charge is 0.258 e. The van der Waals surface area contributed by atoms with Gasteiger partial charge in [0.15, 0.2) is 6.61 Å². The van der Waals surface area contributed by atoms with E-state index in [1.54, 1.807) is 36.3 Å². The van der Waals surface area contributed by atoms with Gasteiger partial charge in [0.05, 0.1) is 13.2 Å². The van der Waals surface area contributed by atoms with Crippen molar-refractivity contribution in [3.05, 3.63) is 54.3 Å². The largest absolute Gasteiger partial charge is 0.497 e. The van der Waals surface area contributed by atoms with Crippen molar-refractivity contribution in [2.45, 2.75) is 12.5 Å². The van der Waals surface area contributed by atoms with Crippen molar-refractivity contribution < 1.29 is 23.5 Å². The molecule has 1 fully saturated rings. The summed E-state index contributed by atoms with van der Waals surface area (Å²) >= 11 is 0. The van der Waals surface area contributed by atoms with Gasteiger partial charge in [-0.1, -0.05) is 0 Å². The molecule has 26 heavy (non-hydrogen) atoms. The van der Waals surface area contributed by atoms with Gasteiger partial charge in [-0.15, -0.1) is 0 Å². The number of hydrogen-bond donors (Lipinski definition) is 1. The van der Waals surface area contributed by atoms with E-state index in [9.17, 15) is 14.0 Å². The fraction of sp³-hybridized carbons (Fsp3) is 0.263. The molecule has 1 heterocycles. The molecule has 0 radical (unpaired) electrons. The summed E-state index contributed by atoms with van der Waals surface area (Å²) in [6.45, 7) is 0.201. The maximum absolute atomic E-state index is 12.8. The monoisotopic (exact) mass is 358 g/mol. The number of hydrogen-bond acceptors (Lipinski definition) is 4. The summed E-state index contributed by atoms with van der Waals surface area (Å²) in [5.74, 6) is 0.362. The Kier molecular flexibility index (Phi) is 5.36. The Morgan fingerprint density at radius 2 is 1.81 bits per heavy atom. The number of rotatable bonds is 6. The van der Waals surface area contributed by atoms with Gasteiger partial charge in [0.25, 0.3) is 5.91 Å². The lowest BCUT2D eigenvalue weighted by molar-refractivity contribution is -0.123. The van der Waals surface area contributed by atoms with E-state index in [1.807, 2.05) is 0 Å². The minimum absolute atomic E-state index is 0.0556. The second-order valence-corrected chi connectivity index (χ2v) is 5.91. The second-order valence-electron chi connectivity index (χ2n) is 5.91. The van der Waals surface area contributed by atoms with Crippen LogP contribution in [0.2, 0.25) is 0 Å². The molecule has 1 aliphatic heterocycles. The predicted molar refractivity (Wildman–Crippen MR) is 93.8 cm³/mol. The normalized spacial score (nSPS) is 16.5. The minimum atomic E-state index is -0.370. The Labute approximate surface area is 150 Å². The summed E-state index contributed by atoms with van der Waals surface area (Å²) < 4.78 is 23.2. The maximum Gasteiger partial charge on any atom is 0.258 e. The van der Waals surface area contributed by atoms with E-state index in [0.29, 0.717) is 18.0 Å². The van der Waals surface area contributed by atoms with Crippen LogP contribution in [-0.4, -0.2) is 38.1 Å². The molecule has 136 valence electrons. The Morgan fingerprint density at radius 1 is 1.15 bits per heavy atom. The van der Waals surface area contributed by atoms with E-state index < -0.39 is 0 Å². The summed E-state index contributed by atoms with van der Waals surface area (Å²) in [5.41, 5.74) is 0.759. The van der Waals surface area contributed by atoms with Gasteiger partial charge >= 0.3 is 0 Å². The molecule has 0 bridgehead atoms. The molecule has 3 rings (SSSR count). The first-order valence-electron chi connectivity index (χ1n) is 8.17. The van der Waals surface area contributed by atoms with E-state index in [0.717, 1.165) is 5.69 Å². The highest BCUT2D eigenvalue weighted by molar-refractivity contribution is 5.97. The van der Waals surface area contributed by atoms with Crippen molar-refractivity contribution in [2.24, 2.45) is 0 Å². The number of amides is 2. The van der Waals surface area contributed by atoms with Crippen LogP contribution in [0, 0.1) is 5.82 Å². The van der Waals surface area contributed by atoms with Gasteiger partial charge in [-0.05, 0) is 48.5 Å². The third kappa shape index (κ3) is 4.30. The third-order valence-electron chi connectivity index (χ3n) is 4.06.